The molecule has 0 spiro atoms. The number of amides is 1. The van der Waals surface area contributed by atoms with Crippen molar-refractivity contribution in [1.29, 1.82) is 0 Å². The van der Waals surface area contributed by atoms with Crippen molar-refractivity contribution < 1.29 is 9.72 Å². The number of anilines is 1. The third-order valence-electron chi connectivity index (χ3n) is 2.83. The Kier molecular flexibility index (Phi) is 4.45. The van der Waals surface area contributed by atoms with Gasteiger partial charge in [-0.25, -0.2) is 4.98 Å². The van der Waals surface area contributed by atoms with Gasteiger partial charge in [0.1, 0.15) is 5.69 Å². The minimum Gasteiger partial charge on any atom is -0.336 e. The fourth-order valence-electron chi connectivity index (χ4n) is 1.79. The molecule has 2 aromatic rings. The van der Waals surface area contributed by atoms with Crippen molar-refractivity contribution in [3.8, 4) is 0 Å². The molecule has 0 unspecified atom stereocenters. The van der Waals surface area contributed by atoms with E-state index in [-0.39, 0.29) is 22.8 Å². The Hall–Kier alpha value is -2.52. The average Bonchev–Trinajstić information content (AvgIpc) is 2.98. The van der Waals surface area contributed by atoms with Crippen LogP contribution < -0.4 is 11.3 Å². The van der Waals surface area contributed by atoms with Gasteiger partial charge in [-0.2, -0.15) is 0 Å². The summed E-state index contributed by atoms with van der Waals surface area (Å²) in [6, 6.07) is 4.10. The summed E-state index contributed by atoms with van der Waals surface area (Å²) in [4.78, 5) is 28.2. The van der Waals surface area contributed by atoms with Crippen molar-refractivity contribution in [2.75, 3.05) is 12.5 Å². The van der Waals surface area contributed by atoms with E-state index in [0.29, 0.717) is 6.54 Å². The number of nitrogens with zero attached hydrogens (tertiary/aromatic N) is 3. The maximum absolute atomic E-state index is 12.3. The molecule has 0 atom stereocenters. The summed E-state index contributed by atoms with van der Waals surface area (Å²) in [6.07, 6.45) is 0. The highest BCUT2D eigenvalue weighted by molar-refractivity contribution is 7.07. The number of rotatable bonds is 5. The zero-order valence-corrected chi connectivity index (χ0v) is 12.0. The molecule has 0 radical (unpaired) electrons. The van der Waals surface area contributed by atoms with E-state index in [0.717, 1.165) is 5.69 Å². The zero-order valence-electron chi connectivity index (χ0n) is 11.1. The van der Waals surface area contributed by atoms with Crippen LogP contribution in [0.15, 0.2) is 29.1 Å². The Balaban J connectivity index is 2.22. The number of aromatic nitrogens is 1. The molecule has 0 fully saturated rings. The molecule has 1 aromatic carbocycles. The van der Waals surface area contributed by atoms with Crippen LogP contribution in [0.5, 0.6) is 0 Å². The number of benzene rings is 1. The fourth-order valence-corrected chi connectivity index (χ4v) is 2.34. The number of nitro groups is 1. The van der Waals surface area contributed by atoms with Crippen LogP contribution in [0.1, 0.15) is 16.1 Å². The second kappa shape index (κ2) is 6.29. The maximum Gasteiger partial charge on any atom is 0.294 e. The molecule has 1 aromatic heterocycles. The number of nitrogen functional groups attached to an aromatic ring is 1. The van der Waals surface area contributed by atoms with E-state index in [9.17, 15) is 14.9 Å². The molecule has 0 bridgehead atoms. The summed E-state index contributed by atoms with van der Waals surface area (Å²) in [5.41, 5.74) is 4.81. The summed E-state index contributed by atoms with van der Waals surface area (Å²) in [6.45, 7) is 0.340. The lowest BCUT2D eigenvalue weighted by Gasteiger charge is -2.16. The molecule has 0 aliphatic carbocycles. The van der Waals surface area contributed by atoms with Crippen molar-refractivity contribution in [2.45, 2.75) is 6.54 Å². The lowest BCUT2D eigenvalue weighted by molar-refractivity contribution is -0.384. The Labute approximate surface area is 124 Å². The monoisotopic (exact) mass is 307 g/mol. The topological polar surface area (TPSA) is 114 Å². The standard InChI is InChI=1S/C12H13N5O3S/c1-16(5-9-6-21-7-14-9)12(18)8-2-3-10(15-13)11(4-8)17(19)20/h2-4,6-7,15H,5,13H2,1H3. The largest absolute Gasteiger partial charge is 0.336 e. The third kappa shape index (κ3) is 3.33. The molecule has 2 rings (SSSR count). The Bertz CT molecular complexity index is 659. The Morgan fingerprint density at radius 2 is 2.33 bits per heavy atom. The normalized spacial score (nSPS) is 10.2. The van der Waals surface area contributed by atoms with Gasteiger partial charge < -0.3 is 10.3 Å². The summed E-state index contributed by atoms with van der Waals surface area (Å²) in [5.74, 6) is 4.88. The lowest BCUT2D eigenvalue weighted by atomic mass is 10.1. The van der Waals surface area contributed by atoms with Crippen LogP contribution in [-0.4, -0.2) is 27.8 Å². The number of thiazole rings is 1. The predicted octanol–water partition coefficient (Wildman–Crippen LogP) is 1.61. The lowest BCUT2D eigenvalue weighted by Crippen LogP contribution is -2.26. The van der Waals surface area contributed by atoms with Gasteiger partial charge in [0.2, 0.25) is 0 Å². The van der Waals surface area contributed by atoms with Crippen LogP contribution in [0.25, 0.3) is 0 Å². The highest BCUT2D eigenvalue weighted by Crippen LogP contribution is 2.25. The number of carbonyl (C=O) groups excluding carboxylic acids is 1. The molecule has 21 heavy (non-hydrogen) atoms. The van der Waals surface area contributed by atoms with Gasteiger partial charge >= 0.3 is 0 Å². The molecule has 8 nitrogen and oxygen atoms in total. The fraction of sp³-hybridized carbons (Fsp3) is 0.167. The number of hydrogen-bond donors (Lipinski definition) is 2. The van der Waals surface area contributed by atoms with Crippen LogP contribution in [0.3, 0.4) is 0 Å². The molecule has 1 amide bonds. The number of nitrogens with one attached hydrogen (secondary N) is 1. The quantitative estimate of drug-likeness (QED) is 0.492. The highest BCUT2D eigenvalue weighted by Gasteiger charge is 2.19. The maximum atomic E-state index is 12.3. The first-order chi connectivity index (χ1) is 10.0. The van der Waals surface area contributed by atoms with Crippen LogP contribution in [-0.2, 0) is 6.54 Å². The first-order valence-electron chi connectivity index (χ1n) is 5.90. The molecule has 0 aliphatic rings. The van der Waals surface area contributed by atoms with Gasteiger partial charge in [-0.1, -0.05) is 0 Å². The van der Waals surface area contributed by atoms with Gasteiger partial charge in [-0.15, -0.1) is 11.3 Å². The van der Waals surface area contributed by atoms with Crippen molar-refractivity contribution in [1.82, 2.24) is 9.88 Å². The third-order valence-corrected chi connectivity index (χ3v) is 3.46. The van der Waals surface area contributed by atoms with Crippen LogP contribution in [0.4, 0.5) is 11.4 Å². The van der Waals surface area contributed by atoms with Gasteiger partial charge in [0, 0.05) is 24.1 Å². The van der Waals surface area contributed by atoms with Gasteiger partial charge in [-0.3, -0.25) is 20.8 Å². The van der Waals surface area contributed by atoms with Crippen LogP contribution in [0, 0.1) is 10.1 Å². The molecule has 0 aliphatic heterocycles. The average molecular weight is 307 g/mol. The number of nitrogens with two attached hydrogens (primary N) is 1. The van der Waals surface area contributed by atoms with Crippen molar-refractivity contribution in [2.24, 2.45) is 5.84 Å². The summed E-state index contributed by atoms with van der Waals surface area (Å²) in [5, 5.41) is 12.8. The SMILES string of the molecule is CN(Cc1cscn1)C(=O)c1ccc(NN)c([N+](=O)[O-])c1. The van der Waals surface area contributed by atoms with Crippen LogP contribution >= 0.6 is 11.3 Å². The first kappa shape index (κ1) is 14.9. The summed E-state index contributed by atoms with van der Waals surface area (Å²) < 4.78 is 0. The molecular formula is C12H13N5O3S. The molecule has 0 saturated carbocycles. The van der Waals surface area contributed by atoms with E-state index in [1.807, 2.05) is 5.38 Å². The van der Waals surface area contributed by atoms with E-state index < -0.39 is 4.92 Å². The van der Waals surface area contributed by atoms with Crippen molar-refractivity contribution in [3.05, 3.63) is 50.5 Å². The molecule has 3 N–H and O–H groups in total. The van der Waals surface area contributed by atoms with Crippen LogP contribution in [0.2, 0.25) is 0 Å². The minimum absolute atomic E-state index is 0.152. The smallest absolute Gasteiger partial charge is 0.294 e. The van der Waals surface area contributed by atoms with E-state index in [2.05, 4.69) is 10.4 Å². The second-order valence-corrected chi connectivity index (χ2v) is 4.99. The van der Waals surface area contributed by atoms with Gasteiger partial charge in [-0.05, 0) is 12.1 Å². The van der Waals surface area contributed by atoms with E-state index in [1.54, 1.807) is 12.6 Å². The van der Waals surface area contributed by atoms with E-state index in [1.165, 1.54) is 34.4 Å². The molecule has 1 heterocycles. The first-order valence-corrected chi connectivity index (χ1v) is 6.84. The second-order valence-electron chi connectivity index (χ2n) is 4.27. The summed E-state index contributed by atoms with van der Waals surface area (Å²) >= 11 is 1.44. The number of hydrogen-bond acceptors (Lipinski definition) is 7. The van der Waals surface area contributed by atoms with Crippen molar-refractivity contribution in [3.63, 3.8) is 0 Å². The Morgan fingerprint density at radius 3 is 2.90 bits per heavy atom. The number of hydrazine groups is 1. The van der Waals surface area contributed by atoms with Gasteiger partial charge in [0.05, 0.1) is 22.7 Å². The molecule has 110 valence electrons. The van der Waals surface area contributed by atoms with E-state index >= 15 is 0 Å². The predicted molar refractivity (Wildman–Crippen MR) is 78.8 cm³/mol. The minimum atomic E-state index is -0.591. The molecule has 9 heteroatoms. The van der Waals surface area contributed by atoms with Gasteiger partial charge in [0.15, 0.2) is 0 Å². The molecular weight excluding hydrogens is 294 g/mol. The number of nitro benzene ring substituents is 1. The van der Waals surface area contributed by atoms with Gasteiger partial charge in [0.25, 0.3) is 11.6 Å². The van der Waals surface area contributed by atoms with Crippen molar-refractivity contribution >= 4 is 28.6 Å². The van der Waals surface area contributed by atoms with E-state index in [4.69, 9.17) is 5.84 Å². The molecule has 0 saturated heterocycles. The highest BCUT2D eigenvalue weighted by atomic mass is 32.1. The zero-order chi connectivity index (χ0) is 15.4. The number of carbonyl (C=O) groups is 1. The Morgan fingerprint density at radius 1 is 1.57 bits per heavy atom. The summed E-state index contributed by atoms with van der Waals surface area (Å²) in [7, 11) is 1.61.